The van der Waals surface area contributed by atoms with Gasteiger partial charge in [0.05, 0.1) is 17.7 Å². The number of thioether (sulfide) groups is 1. The molecule has 0 radical (unpaired) electrons. The number of β-lactam (4-membered cyclic amide) rings is 1. The molecule has 5 rings (SSSR count). The summed E-state index contributed by atoms with van der Waals surface area (Å²) in [4.78, 5) is 43.1. The number of carboxylic acid groups (broad SMARTS) is 1. The molecule has 2 aromatic rings. The average Bonchev–Trinajstić information content (AvgIpc) is 3.40. The smallest absolute Gasteiger partial charge is 0.548 e. The molecule has 2 amide bonds. The molecule has 2 saturated heterocycles. The molecule has 2 aliphatic heterocycles. The summed E-state index contributed by atoms with van der Waals surface area (Å²) in [5, 5.41) is 16.7. The van der Waals surface area contributed by atoms with Crippen LogP contribution < -0.4 is 45.7 Å². The number of rotatable bonds is 7. The Hall–Kier alpha value is -1.59. The minimum atomic E-state index is -1.26. The standard InChI is InChI=1S/C26H32N4O4S2.Na/c1-26(2)21(24(33)34)30-22(32)20(23(30)36-26)29-19(31)11-10-15-8-9-16(14-6-4-3-5-7-14)12-17(15)18-13-35-25(27)28-18;/h3-7,13,15-17,20-21,23H,8-12H2,1-2H3,(H2,27,28)(H,29,31)(H,33,34);/q;+1/p-1/t15?,16-,17+,20+,21-,23+;/m0./s1. The first kappa shape index (κ1) is 28.4. The molecule has 37 heavy (non-hydrogen) atoms. The number of hydrogen-bond acceptors (Lipinski definition) is 8. The van der Waals surface area contributed by atoms with E-state index < -0.39 is 22.8 Å². The Kier molecular flexibility index (Phi) is 8.65. The molecule has 192 valence electrons. The van der Waals surface area contributed by atoms with Crippen LogP contribution in [-0.4, -0.2) is 49.9 Å². The number of carbonyl (C=O) groups is 3. The molecule has 3 N–H and O–H groups in total. The Morgan fingerprint density at radius 1 is 1.24 bits per heavy atom. The van der Waals surface area contributed by atoms with Crippen molar-refractivity contribution in [3.63, 3.8) is 0 Å². The number of thiazole rings is 1. The van der Waals surface area contributed by atoms with E-state index in [2.05, 4.69) is 34.6 Å². The minimum absolute atomic E-state index is 0. The summed E-state index contributed by atoms with van der Waals surface area (Å²) in [7, 11) is 0. The minimum Gasteiger partial charge on any atom is -0.548 e. The van der Waals surface area contributed by atoms with Crippen molar-refractivity contribution >= 4 is 46.0 Å². The Morgan fingerprint density at radius 2 is 1.97 bits per heavy atom. The Balaban J connectivity index is 0.00000320. The summed E-state index contributed by atoms with van der Waals surface area (Å²) < 4.78 is -0.668. The number of nitrogen functional groups attached to an aromatic ring is 1. The second-order valence-corrected chi connectivity index (χ2v) is 13.2. The van der Waals surface area contributed by atoms with E-state index in [0.29, 0.717) is 29.8 Å². The topological polar surface area (TPSA) is 128 Å². The molecular weight excluding hydrogens is 519 g/mol. The van der Waals surface area contributed by atoms with Gasteiger partial charge in [-0.2, -0.15) is 0 Å². The molecule has 3 fully saturated rings. The zero-order chi connectivity index (χ0) is 25.6. The van der Waals surface area contributed by atoms with Crippen LogP contribution in [0, 0.1) is 5.92 Å². The van der Waals surface area contributed by atoms with Gasteiger partial charge in [0, 0.05) is 22.5 Å². The summed E-state index contributed by atoms with van der Waals surface area (Å²) >= 11 is 2.85. The zero-order valence-corrected chi connectivity index (χ0v) is 25.0. The van der Waals surface area contributed by atoms with Crippen LogP contribution in [0.3, 0.4) is 0 Å². The van der Waals surface area contributed by atoms with Gasteiger partial charge in [0.15, 0.2) is 5.13 Å². The molecule has 1 saturated carbocycles. The van der Waals surface area contributed by atoms with Gasteiger partial charge in [0.2, 0.25) is 11.8 Å². The van der Waals surface area contributed by atoms with Crippen LogP contribution in [0.25, 0.3) is 0 Å². The first-order valence-corrected chi connectivity index (χ1v) is 14.2. The number of anilines is 1. The van der Waals surface area contributed by atoms with E-state index in [4.69, 9.17) is 5.73 Å². The van der Waals surface area contributed by atoms with Crippen LogP contribution in [0.2, 0.25) is 0 Å². The zero-order valence-electron chi connectivity index (χ0n) is 21.4. The molecule has 11 heteroatoms. The SMILES string of the molecule is CC1(C)S[C@@H]2[C@H](NC(=O)CCC3CC[C@H](c4ccccc4)C[C@H]3c3csc(N)n3)C(=O)N2[C@H]1C(=O)[O-].[Na+]. The van der Waals surface area contributed by atoms with Crippen molar-refractivity contribution in [2.45, 2.75) is 80.0 Å². The predicted octanol–water partition coefficient (Wildman–Crippen LogP) is -0.526. The van der Waals surface area contributed by atoms with Crippen LogP contribution in [0.1, 0.15) is 69.0 Å². The summed E-state index contributed by atoms with van der Waals surface area (Å²) in [6.45, 7) is 3.58. The van der Waals surface area contributed by atoms with Gasteiger partial charge in [-0.05, 0) is 56.9 Å². The first-order valence-electron chi connectivity index (χ1n) is 12.4. The van der Waals surface area contributed by atoms with E-state index in [1.54, 1.807) is 13.8 Å². The number of carboxylic acids is 1. The van der Waals surface area contributed by atoms with E-state index in [9.17, 15) is 19.5 Å². The number of hydrogen-bond donors (Lipinski definition) is 2. The van der Waals surface area contributed by atoms with Gasteiger partial charge >= 0.3 is 29.6 Å². The molecule has 3 aliphatic rings. The average molecular weight is 551 g/mol. The fourth-order valence-electron chi connectivity index (χ4n) is 6.13. The number of nitrogens with two attached hydrogens (primary N) is 1. The number of carbonyl (C=O) groups excluding carboxylic acids is 3. The van der Waals surface area contributed by atoms with Crippen molar-refractivity contribution in [3.8, 4) is 0 Å². The van der Waals surface area contributed by atoms with Gasteiger partial charge in [0.1, 0.15) is 11.4 Å². The fourth-order valence-corrected chi connectivity index (χ4v) is 8.38. The van der Waals surface area contributed by atoms with Crippen LogP contribution >= 0.6 is 23.1 Å². The fraction of sp³-hybridized carbons (Fsp3) is 0.538. The van der Waals surface area contributed by atoms with Gasteiger partial charge in [-0.25, -0.2) is 4.98 Å². The molecule has 1 aliphatic carbocycles. The monoisotopic (exact) mass is 550 g/mol. The number of fused-ring (bicyclic) bond motifs is 1. The number of amides is 2. The number of nitrogens with zero attached hydrogens (tertiary/aromatic N) is 2. The Bertz CT molecular complexity index is 1160. The maximum atomic E-state index is 12.9. The van der Waals surface area contributed by atoms with E-state index >= 15 is 0 Å². The molecule has 0 spiro atoms. The largest absolute Gasteiger partial charge is 1.00 e. The van der Waals surface area contributed by atoms with Gasteiger partial charge in [-0.15, -0.1) is 23.1 Å². The molecule has 1 aromatic heterocycles. The van der Waals surface area contributed by atoms with Crippen molar-refractivity contribution in [3.05, 3.63) is 47.0 Å². The molecule has 3 heterocycles. The van der Waals surface area contributed by atoms with Crippen molar-refractivity contribution < 1.29 is 49.0 Å². The number of aliphatic carboxylic acids is 1. The summed E-state index contributed by atoms with van der Waals surface area (Å²) in [5.74, 6) is -0.811. The number of benzene rings is 1. The Morgan fingerprint density at radius 3 is 2.62 bits per heavy atom. The third-order valence-corrected chi connectivity index (χ3v) is 10.2. The molecular formula is C26H31N4NaO4S2. The van der Waals surface area contributed by atoms with E-state index in [-0.39, 0.29) is 52.7 Å². The van der Waals surface area contributed by atoms with Gasteiger partial charge in [-0.3, -0.25) is 9.59 Å². The Labute approximate surface area is 247 Å². The molecule has 0 bridgehead atoms. The summed E-state index contributed by atoms with van der Waals surface area (Å²) in [5.41, 5.74) is 8.28. The van der Waals surface area contributed by atoms with Gasteiger partial charge in [-0.1, -0.05) is 30.3 Å². The first-order chi connectivity index (χ1) is 17.2. The maximum absolute atomic E-state index is 12.9. The third kappa shape index (κ3) is 5.59. The van der Waals surface area contributed by atoms with Crippen LogP contribution in [0.5, 0.6) is 0 Å². The second-order valence-electron chi connectivity index (χ2n) is 10.6. The predicted molar refractivity (Wildman–Crippen MR) is 138 cm³/mol. The third-order valence-electron chi connectivity index (χ3n) is 7.91. The van der Waals surface area contributed by atoms with Crippen LogP contribution in [0.4, 0.5) is 5.13 Å². The van der Waals surface area contributed by atoms with Crippen molar-refractivity contribution in [2.75, 3.05) is 5.73 Å². The summed E-state index contributed by atoms with van der Waals surface area (Å²) in [6, 6.07) is 8.86. The van der Waals surface area contributed by atoms with E-state index in [1.807, 2.05) is 11.4 Å². The molecule has 6 atom stereocenters. The van der Waals surface area contributed by atoms with E-state index in [1.165, 1.54) is 33.6 Å². The van der Waals surface area contributed by atoms with Crippen molar-refractivity contribution in [2.24, 2.45) is 5.92 Å². The molecule has 8 nitrogen and oxygen atoms in total. The normalized spacial score (nSPS) is 30.1. The number of nitrogens with one attached hydrogen (secondary N) is 1. The van der Waals surface area contributed by atoms with E-state index in [0.717, 1.165) is 25.0 Å². The van der Waals surface area contributed by atoms with Crippen LogP contribution in [0.15, 0.2) is 35.7 Å². The quantitative estimate of drug-likeness (QED) is 0.351. The number of aromatic nitrogens is 1. The van der Waals surface area contributed by atoms with Gasteiger partial charge < -0.3 is 25.9 Å². The van der Waals surface area contributed by atoms with Crippen molar-refractivity contribution in [1.82, 2.24) is 15.2 Å². The van der Waals surface area contributed by atoms with Gasteiger partial charge in [0.25, 0.3) is 0 Å². The maximum Gasteiger partial charge on any atom is 1.00 e. The van der Waals surface area contributed by atoms with Crippen molar-refractivity contribution in [1.29, 1.82) is 0 Å². The molecule has 1 unspecified atom stereocenters. The molecule has 1 aromatic carbocycles. The van der Waals surface area contributed by atoms with Crippen LogP contribution in [-0.2, 0) is 14.4 Å². The summed E-state index contributed by atoms with van der Waals surface area (Å²) in [6.07, 6.45) is 4.02. The second kappa shape index (κ2) is 11.3.